The molecular weight excluding hydrogens is 324 g/mol. The maximum atomic E-state index is 12.2. The second kappa shape index (κ2) is 8.28. The highest BCUT2D eigenvalue weighted by atomic mass is 32.1. The molecule has 0 atom stereocenters. The lowest BCUT2D eigenvalue weighted by Gasteiger charge is -2.06. The second-order valence-electron chi connectivity index (χ2n) is 4.34. The van der Waals surface area contributed by atoms with Crippen LogP contribution in [0.25, 0.3) is 0 Å². The van der Waals surface area contributed by atoms with Gasteiger partial charge in [-0.25, -0.2) is 9.59 Å². The Bertz CT molecular complexity index is 637. The van der Waals surface area contributed by atoms with Crippen molar-refractivity contribution in [1.82, 2.24) is 5.32 Å². The summed E-state index contributed by atoms with van der Waals surface area (Å²) in [6.07, 6.45) is -0.908. The summed E-state index contributed by atoms with van der Waals surface area (Å²) in [5, 5.41) is 4.68. The highest BCUT2D eigenvalue weighted by Crippen LogP contribution is 2.33. The number of carbonyl (C=O) groups excluding carboxylic acids is 4. The van der Waals surface area contributed by atoms with Crippen molar-refractivity contribution in [1.29, 1.82) is 0 Å². The second-order valence-corrected chi connectivity index (χ2v) is 5.36. The molecule has 0 spiro atoms. The number of thiophene rings is 1. The predicted molar refractivity (Wildman–Crippen MR) is 83.8 cm³/mol. The Morgan fingerprint density at radius 2 is 1.70 bits per heavy atom. The van der Waals surface area contributed by atoms with Crippen molar-refractivity contribution >= 4 is 40.2 Å². The first-order chi connectivity index (χ1) is 10.8. The van der Waals surface area contributed by atoms with Gasteiger partial charge in [0.05, 0.1) is 18.8 Å². The minimum atomic E-state index is -0.908. The molecule has 0 saturated heterocycles. The number of imide groups is 1. The van der Waals surface area contributed by atoms with E-state index in [9.17, 15) is 19.2 Å². The van der Waals surface area contributed by atoms with Crippen LogP contribution >= 0.6 is 11.3 Å². The molecule has 9 heteroatoms. The molecule has 3 amide bonds. The molecule has 1 heterocycles. The first kappa shape index (κ1) is 18.6. The first-order valence-corrected chi connectivity index (χ1v) is 7.69. The molecule has 0 unspecified atom stereocenters. The van der Waals surface area contributed by atoms with Gasteiger partial charge < -0.3 is 14.8 Å². The fourth-order valence-electron chi connectivity index (χ4n) is 1.75. The van der Waals surface area contributed by atoms with Gasteiger partial charge in [-0.15, -0.1) is 11.3 Å². The van der Waals surface area contributed by atoms with Crippen LogP contribution in [0.1, 0.15) is 46.4 Å². The van der Waals surface area contributed by atoms with Crippen LogP contribution in [0.4, 0.5) is 9.80 Å². The van der Waals surface area contributed by atoms with Crippen LogP contribution in [0, 0.1) is 6.92 Å². The molecule has 23 heavy (non-hydrogen) atoms. The van der Waals surface area contributed by atoms with Crippen molar-refractivity contribution in [3.8, 4) is 0 Å². The molecule has 8 nitrogen and oxygen atoms in total. The summed E-state index contributed by atoms with van der Waals surface area (Å²) in [6.45, 7) is 6.34. The highest BCUT2D eigenvalue weighted by molar-refractivity contribution is 7.18. The number of rotatable bonds is 5. The summed E-state index contributed by atoms with van der Waals surface area (Å²) in [4.78, 5) is 47.0. The molecule has 2 N–H and O–H groups in total. The third-order valence-corrected chi connectivity index (χ3v) is 3.80. The van der Waals surface area contributed by atoms with Gasteiger partial charge in [0.25, 0.3) is 5.91 Å². The van der Waals surface area contributed by atoms with Crippen molar-refractivity contribution in [2.24, 2.45) is 0 Å². The van der Waals surface area contributed by atoms with E-state index in [0.29, 0.717) is 5.56 Å². The van der Waals surface area contributed by atoms with Crippen LogP contribution in [0.5, 0.6) is 0 Å². The van der Waals surface area contributed by atoms with Crippen molar-refractivity contribution in [2.75, 3.05) is 18.5 Å². The molecule has 0 aliphatic rings. The van der Waals surface area contributed by atoms with Gasteiger partial charge >= 0.3 is 12.1 Å². The van der Waals surface area contributed by atoms with E-state index in [4.69, 9.17) is 4.74 Å². The van der Waals surface area contributed by atoms with E-state index in [1.165, 1.54) is 13.8 Å². The van der Waals surface area contributed by atoms with Crippen LogP contribution in [0.15, 0.2) is 0 Å². The number of hydrogen-bond donors (Lipinski definition) is 2. The Morgan fingerprint density at radius 1 is 1.09 bits per heavy atom. The SMILES string of the molecule is CCOC(=O)NC(=O)c1c(NC(C)=O)sc(C(=O)OCC)c1C. The lowest BCUT2D eigenvalue weighted by Crippen LogP contribution is -2.31. The van der Waals surface area contributed by atoms with Crippen molar-refractivity contribution in [3.63, 3.8) is 0 Å². The van der Waals surface area contributed by atoms with Gasteiger partial charge in [0, 0.05) is 6.92 Å². The number of ether oxygens (including phenoxy) is 2. The van der Waals surface area contributed by atoms with Crippen LogP contribution in [-0.4, -0.2) is 37.1 Å². The number of esters is 1. The normalized spacial score (nSPS) is 9.91. The Kier molecular flexibility index (Phi) is 6.70. The molecule has 1 aromatic heterocycles. The van der Waals surface area contributed by atoms with Crippen molar-refractivity contribution in [3.05, 3.63) is 16.0 Å². The number of carbonyl (C=O) groups is 4. The topological polar surface area (TPSA) is 111 Å². The third kappa shape index (κ3) is 4.78. The highest BCUT2D eigenvalue weighted by Gasteiger charge is 2.27. The summed E-state index contributed by atoms with van der Waals surface area (Å²) in [5.74, 6) is -1.78. The van der Waals surface area contributed by atoms with E-state index in [1.807, 2.05) is 5.32 Å². The molecule has 0 aliphatic carbocycles. The minimum absolute atomic E-state index is 0.0290. The van der Waals surface area contributed by atoms with Gasteiger partial charge in [0.15, 0.2) is 0 Å². The Morgan fingerprint density at radius 3 is 2.22 bits per heavy atom. The summed E-state index contributed by atoms with van der Waals surface area (Å²) in [7, 11) is 0. The Hall–Kier alpha value is -2.42. The number of anilines is 1. The number of amides is 3. The number of hydrogen-bond acceptors (Lipinski definition) is 7. The van der Waals surface area contributed by atoms with Crippen molar-refractivity contribution in [2.45, 2.75) is 27.7 Å². The van der Waals surface area contributed by atoms with E-state index in [2.05, 4.69) is 10.1 Å². The smallest absolute Gasteiger partial charge is 0.414 e. The summed E-state index contributed by atoms with van der Waals surface area (Å²) < 4.78 is 9.56. The van der Waals surface area contributed by atoms with Gasteiger partial charge in [0.2, 0.25) is 5.91 Å². The first-order valence-electron chi connectivity index (χ1n) is 6.87. The lowest BCUT2D eigenvalue weighted by atomic mass is 10.1. The average Bonchev–Trinajstić information content (AvgIpc) is 2.75. The van der Waals surface area contributed by atoms with E-state index in [0.717, 1.165) is 11.3 Å². The maximum absolute atomic E-state index is 12.2. The van der Waals surface area contributed by atoms with E-state index in [-0.39, 0.29) is 28.7 Å². The quantitative estimate of drug-likeness (QED) is 0.793. The lowest BCUT2D eigenvalue weighted by molar-refractivity contribution is -0.114. The van der Waals surface area contributed by atoms with E-state index >= 15 is 0 Å². The van der Waals surface area contributed by atoms with E-state index < -0.39 is 23.9 Å². The molecule has 0 fully saturated rings. The molecule has 1 aromatic rings. The largest absolute Gasteiger partial charge is 0.462 e. The summed E-state index contributed by atoms with van der Waals surface area (Å²) in [5.41, 5.74) is 0.348. The van der Waals surface area contributed by atoms with Gasteiger partial charge in [-0.1, -0.05) is 0 Å². The van der Waals surface area contributed by atoms with Crippen LogP contribution in [0.2, 0.25) is 0 Å². The predicted octanol–water partition coefficient (Wildman–Crippen LogP) is 2.08. The molecule has 1 rings (SSSR count). The Labute approximate surface area is 137 Å². The zero-order valence-electron chi connectivity index (χ0n) is 13.3. The summed E-state index contributed by atoms with van der Waals surface area (Å²) in [6, 6.07) is 0. The molecule has 0 radical (unpaired) electrons. The van der Waals surface area contributed by atoms with Gasteiger partial charge in [-0.3, -0.25) is 14.9 Å². The number of alkyl carbamates (subject to hydrolysis) is 1. The fourth-order valence-corrected chi connectivity index (χ4v) is 2.89. The molecule has 0 aromatic carbocycles. The number of nitrogens with one attached hydrogen (secondary N) is 2. The molecular formula is C14H18N2O6S. The zero-order chi connectivity index (χ0) is 17.6. The molecule has 0 bridgehead atoms. The zero-order valence-corrected chi connectivity index (χ0v) is 14.1. The average molecular weight is 342 g/mol. The summed E-state index contributed by atoms with van der Waals surface area (Å²) >= 11 is 0.912. The van der Waals surface area contributed by atoms with Gasteiger partial charge in [-0.05, 0) is 26.3 Å². The van der Waals surface area contributed by atoms with Crippen LogP contribution < -0.4 is 10.6 Å². The van der Waals surface area contributed by atoms with Gasteiger partial charge in [0.1, 0.15) is 9.88 Å². The maximum Gasteiger partial charge on any atom is 0.414 e. The van der Waals surface area contributed by atoms with Gasteiger partial charge in [-0.2, -0.15) is 0 Å². The molecule has 0 aliphatic heterocycles. The third-order valence-electron chi connectivity index (χ3n) is 2.62. The standard InChI is InChI=1S/C14H18N2O6S/c1-5-21-13(19)10-7(3)9(12(23-10)15-8(4)17)11(18)16-14(20)22-6-2/h5-6H2,1-4H3,(H,15,17)(H,16,18,20). The molecule has 126 valence electrons. The molecule has 0 saturated carbocycles. The Balaban J connectivity index is 3.21. The monoisotopic (exact) mass is 342 g/mol. The van der Waals surface area contributed by atoms with Crippen LogP contribution in [0.3, 0.4) is 0 Å². The minimum Gasteiger partial charge on any atom is -0.462 e. The fraction of sp³-hybridized carbons (Fsp3) is 0.429. The van der Waals surface area contributed by atoms with Crippen molar-refractivity contribution < 1.29 is 28.7 Å². The van der Waals surface area contributed by atoms with Crippen LogP contribution in [-0.2, 0) is 14.3 Å². The van der Waals surface area contributed by atoms with E-state index in [1.54, 1.807) is 13.8 Å².